The molecule has 1 heterocycles. The molecule has 0 saturated heterocycles. The van der Waals surface area contributed by atoms with Crippen LogP contribution in [0, 0.1) is 0 Å². The van der Waals surface area contributed by atoms with Gasteiger partial charge in [0.15, 0.2) is 0 Å². The number of hydrogen-bond acceptors (Lipinski definition) is 2. The highest BCUT2D eigenvalue weighted by molar-refractivity contribution is 6.25. The molecule has 1 aliphatic rings. The van der Waals surface area contributed by atoms with Crippen LogP contribution in [0.3, 0.4) is 0 Å². The molecule has 0 radical (unpaired) electrons. The van der Waals surface area contributed by atoms with Crippen molar-refractivity contribution in [2.45, 2.75) is 6.04 Å². The second-order valence-electron chi connectivity index (χ2n) is 13.1. The van der Waals surface area contributed by atoms with Crippen LogP contribution in [0.2, 0.25) is 0 Å². The molecule has 2 heteroatoms. The van der Waals surface area contributed by atoms with Crippen LogP contribution in [0.5, 0.6) is 0 Å². The molecule has 0 aliphatic carbocycles. The fraction of sp³-hybridized carbons (Fsp3) is 0.0208. The molecule has 10 rings (SSSR count). The molecule has 9 aromatic carbocycles. The van der Waals surface area contributed by atoms with Crippen molar-refractivity contribution in [3.8, 4) is 11.1 Å². The summed E-state index contributed by atoms with van der Waals surface area (Å²) in [6, 6.07) is 63.3. The minimum Gasteiger partial charge on any atom is -0.359 e. The number of fused-ring (bicyclic) bond motifs is 7. The number of amidine groups is 1. The van der Waals surface area contributed by atoms with E-state index in [2.05, 4.69) is 187 Å². The van der Waals surface area contributed by atoms with E-state index in [4.69, 9.17) is 4.99 Å². The van der Waals surface area contributed by atoms with Crippen LogP contribution < -0.4 is 5.32 Å². The quantitative estimate of drug-likeness (QED) is 0.151. The van der Waals surface area contributed by atoms with Crippen molar-refractivity contribution in [2.24, 2.45) is 4.99 Å². The zero-order valence-corrected chi connectivity index (χ0v) is 27.3. The minimum atomic E-state index is -0.131. The van der Waals surface area contributed by atoms with Gasteiger partial charge in [0.2, 0.25) is 0 Å². The van der Waals surface area contributed by atoms with Crippen molar-refractivity contribution >= 4 is 65.4 Å². The Hall–Kier alpha value is -6.51. The maximum atomic E-state index is 5.60. The van der Waals surface area contributed by atoms with Crippen molar-refractivity contribution in [2.75, 3.05) is 0 Å². The van der Waals surface area contributed by atoms with Gasteiger partial charge in [0.25, 0.3) is 0 Å². The summed E-state index contributed by atoms with van der Waals surface area (Å²) in [6.45, 7) is 0. The van der Waals surface area contributed by atoms with Gasteiger partial charge in [-0.3, -0.25) is 0 Å². The molecule has 0 saturated carbocycles. The molecule has 1 unspecified atom stereocenters. The van der Waals surface area contributed by atoms with E-state index in [0.29, 0.717) is 0 Å². The summed E-state index contributed by atoms with van der Waals surface area (Å²) in [5, 5.41) is 16.2. The van der Waals surface area contributed by atoms with Gasteiger partial charge in [0, 0.05) is 11.1 Å². The molecule has 0 bridgehead atoms. The van der Waals surface area contributed by atoms with Crippen LogP contribution in [0.4, 0.5) is 0 Å². The van der Waals surface area contributed by atoms with E-state index in [1.807, 2.05) is 0 Å². The molecule has 0 aromatic heterocycles. The summed E-state index contributed by atoms with van der Waals surface area (Å²) in [5.74, 6) is 0.879. The number of nitrogens with one attached hydrogen (secondary N) is 1. The maximum Gasteiger partial charge on any atom is 0.135 e. The fourth-order valence-electron chi connectivity index (χ4n) is 7.98. The van der Waals surface area contributed by atoms with E-state index in [9.17, 15) is 0 Å². The van der Waals surface area contributed by atoms with Gasteiger partial charge in [-0.15, -0.1) is 0 Å². The van der Waals surface area contributed by atoms with Crippen molar-refractivity contribution in [1.29, 1.82) is 0 Å². The lowest BCUT2D eigenvalue weighted by atomic mass is 9.89. The van der Waals surface area contributed by atoms with Gasteiger partial charge in [-0.05, 0) is 82.7 Å². The van der Waals surface area contributed by atoms with E-state index in [-0.39, 0.29) is 6.04 Å². The first-order valence-electron chi connectivity index (χ1n) is 17.3. The predicted molar refractivity (Wildman–Crippen MR) is 213 cm³/mol. The standard InChI is InChI=1S/C48H32N2/c1-2-13-31(14-3-1)36-19-10-11-23-40(36)44-30-45(42-24-12-18-34-26-25-33-16-5-8-21-38(33)46(34)42)50-48(49-44)47-39-22-9-6-17-35(39)29-43-37-20-7-4-15-32(37)27-28-41(43)47/h1-30,44H,(H,49,50). The third kappa shape index (κ3) is 4.61. The highest BCUT2D eigenvalue weighted by Crippen LogP contribution is 2.40. The van der Waals surface area contributed by atoms with Crippen LogP contribution >= 0.6 is 0 Å². The summed E-state index contributed by atoms with van der Waals surface area (Å²) >= 11 is 0. The fourth-order valence-corrected chi connectivity index (χ4v) is 7.98. The largest absolute Gasteiger partial charge is 0.359 e. The van der Waals surface area contributed by atoms with Crippen LogP contribution in [0.1, 0.15) is 22.7 Å². The Bertz CT molecular complexity index is 2840. The summed E-state index contributed by atoms with van der Waals surface area (Å²) < 4.78 is 0. The van der Waals surface area contributed by atoms with Crippen molar-refractivity contribution < 1.29 is 0 Å². The van der Waals surface area contributed by atoms with Gasteiger partial charge in [-0.25, -0.2) is 4.99 Å². The summed E-state index contributed by atoms with van der Waals surface area (Å²) in [5.41, 5.74) is 6.85. The van der Waals surface area contributed by atoms with Crippen LogP contribution in [-0.2, 0) is 0 Å². The van der Waals surface area contributed by atoms with Crippen LogP contribution in [-0.4, -0.2) is 5.84 Å². The average Bonchev–Trinajstić information content (AvgIpc) is 3.19. The Labute approximate surface area is 290 Å². The molecule has 1 N–H and O–H groups in total. The van der Waals surface area contributed by atoms with Gasteiger partial charge < -0.3 is 5.32 Å². The minimum absolute atomic E-state index is 0.131. The first-order valence-corrected chi connectivity index (χ1v) is 17.3. The van der Waals surface area contributed by atoms with Gasteiger partial charge in [0.1, 0.15) is 5.84 Å². The van der Waals surface area contributed by atoms with E-state index < -0.39 is 0 Å². The molecule has 1 atom stereocenters. The number of benzene rings is 9. The van der Waals surface area contributed by atoms with Gasteiger partial charge in [-0.1, -0.05) is 170 Å². The molecule has 0 amide bonds. The van der Waals surface area contributed by atoms with E-state index in [1.54, 1.807) is 0 Å². The Morgan fingerprint density at radius 2 is 1.04 bits per heavy atom. The maximum absolute atomic E-state index is 5.60. The molecule has 234 valence electrons. The van der Waals surface area contributed by atoms with Crippen LogP contribution in [0.15, 0.2) is 187 Å². The van der Waals surface area contributed by atoms with Crippen LogP contribution in [0.25, 0.3) is 70.7 Å². The summed E-state index contributed by atoms with van der Waals surface area (Å²) in [4.78, 5) is 5.60. The second kappa shape index (κ2) is 11.6. The predicted octanol–water partition coefficient (Wildman–Crippen LogP) is 12.3. The smallest absolute Gasteiger partial charge is 0.135 e. The Kier molecular flexibility index (Phi) is 6.60. The van der Waals surface area contributed by atoms with E-state index >= 15 is 0 Å². The first-order chi connectivity index (χ1) is 24.8. The van der Waals surface area contributed by atoms with Crippen molar-refractivity contribution in [3.05, 3.63) is 199 Å². The van der Waals surface area contributed by atoms with Crippen molar-refractivity contribution in [3.63, 3.8) is 0 Å². The summed E-state index contributed by atoms with van der Waals surface area (Å²) in [6.07, 6.45) is 2.32. The molecule has 0 spiro atoms. The lowest BCUT2D eigenvalue weighted by molar-refractivity contribution is 0.784. The first kappa shape index (κ1) is 28.5. The van der Waals surface area contributed by atoms with Gasteiger partial charge in [0.05, 0.1) is 11.7 Å². The second-order valence-corrected chi connectivity index (χ2v) is 13.1. The highest BCUT2D eigenvalue weighted by atomic mass is 15.0. The molecular formula is C48H32N2. The monoisotopic (exact) mass is 636 g/mol. The number of aliphatic imine (C=N–C) groups is 1. The van der Waals surface area contributed by atoms with Gasteiger partial charge in [-0.2, -0.15) is 0 Å². The SMILES string of the molecule is C1=C(c2cccc3ccc4ccccc4c23)N=C(c2c3ccccc3cc3c2ccc2ccccc23)NC1c1ccccc1-c1ccccc1. The normalized spacial score (nSPS) is 14.6. The third-order valence-corrected chi connectivity index (χ3v) is 10.3. The Morgan fingerprint density at radius 3 is 1.90 bits per heavy atom. The lowest BCUT2D eigenvalue weighted by Gasteiger charge is -2.28. The van der Waals surface area contributed by atoms with Gasteiger partial charge >= 0.3 is 0 Å². The highest BCUT2D eigenvalue weighted by Gasteiger charge is 2.25. The summed E-state index contributed by atoms with van der Waals surface area (Å²) in [7, 11) is 0. The van der Waals surface area contributed by atoms with E-state index in [0.717, 1.165) is 22.7 Å². The Morgan fingerprint density at radius 1 is 0.420 bits per heavy atom. The lowest BCUT2D eigenvalue weighted by Crippen LogP contribution is -2.32. The zero-order valence-electron chi connectivity index (χ0n) is 27.3. The van der Waals surface area contributed by atoms with Crippen molar-refractivity contribution in [1.82, 2.24) is 5.32 Å². The topological polar surface area (TPSA) is 24.4 Å². The zero-order chi connectivity index (χ0) is 33.0. The molecular weight excluding hydrogens is 605 g/mol. The molecule has 0 fully saturated rings. The Balaban J connectivity index is 1.28. The van der Waals surface area contributed by atoms with E-state index in [1.165, 1.54) is 70.6 Å². The number of rotatable bonds is 4. The average molecular weight is 637 g/mol. The molecule has 50 heavy (non-hydrogen) atoms. The number of hydrogen-bond donors (Lipinski definition) is 1. The third-order valence-electron chi connectivity index (χ3n) is 10.3. The molecule has 1 aliphatic heterocycles. The number of nitrogens with zero attached hydrogens (tertiary/aromatic N) is 1. The molecule has 9 aromatic rings. The molecule has 2 nitrogen and oxygen atoms in total.